The molecule has 0 fully saturated rings. The lowest BCUT2D eigenvalue weighted by atomic mass is 10.3. The van der Waals surface area contributed by atoms with E-state index in [2.05, 4.69) is 4.74 Å². The summed E-state index contributed by atoms with van der Waals surface area (Å²) in [6.45, 7) is 1.33. The number of likely N-dealkylation sites (N-methyl/N-ethyl adjacent to an activating group) is 1. The molecule has 0 saturated carbocycles. The molecule has 0 N–H and O–H groups in total. The average Bonchev–Trinajstić information content (AvgIpc) is 2.38. The Labute approximate surface area is 117 Å². The number of carbonyl (C=O) groups is 1. The first kappa shape index (κ1) is 16.4. The standard InChI is InChI=1S/C12H16FNO5S/c1-4-19-12(15)8-14(2)20(16,17)9-5-6-11(18-3)10(13)7-9/h5-7H,4,8H2,1-3H3. The van der Waals surface area contributed by atoms with E-state index in [1.54, 1.807) is 6.92 Å². The van der Waals surface area contributed by atoms with Crippen LogP contribution in [0.1, 0.15) is 6.92 Å². The number of benzene rings is 1. The summed E-state index contributed by atoms with van der Waals surface area (Å²) in [7, 11) is -1.47. The predicted octanol–water partition coefficient (Wildman–Crippen LogP) is 1.02. The number of rotatable bonds is 6. The Balaban J connectivity index is 2.98. The second-order valence-corrected chi connectivity index (χ2v) is 5.91. The highest BCUT2D eigenvalue weighted by molar-refractivity contribution is 7.89. The molecule has 112 valence electrons. The molecular weight excluding hydrogens is 289 g/mol. The maximum atomic E-state index is 13.5. The van der Waals surface area contributed by atoms with Crippen LogP contribution in [0, 0.1) is 5.82 Å². The Morgan fingerprint density at radius 2 is 2.05 bits per heavy atom. The van der Waals surface area contributed by atoms with Crippen LogP contribution in [0.4, 0.5) is 4.39 Å². The molecule has 0 atom stereocenters. The lowest BCUT2D eigenvalue weighted by Gasteiger charge is -2.16. The molecule has 0 heterocycles. The van der Waals surface area contributed by atoms with Crippen molar-refractivity contribution in [1.82, 2.24) is 4.31 Å². The summed E-state index contributed by atoms with van der Waals surface area (Å²) in [5.41, 5.74) is 0. The van der Waals surface area contributed by atoms with Crippen LogP contribution in [-0.2, 0) is 19.6 Å². The van der Waals surface area contributed by atoms with Gasteiger partial charge in [0.15, 0.2) is 11.6 Å². The van der Waals surface area contributed by atoms with Gasteiger partial charge in [0.1, 0.15) is 6.54 Å². The lowest BCUT2D eigenvalue weighted by Crippen LogP contribution is -2.33. The molecule has 0 radical (unpaired) electrons. The molecule has 0 aliphatic heterocycles. The zero-order chi connectivity index (χ0) is 15.3. The molecule has 0 unspecified atom stereocenters. The van der Waals surface area contributed by atoms with Crippen molar-refractivity contribution >= 4 is 16.0 Å². The molecular formula is C12H16FNO5S. The Kier molecular flexibility index (Phi) is 5.46. The predicted molar refractivity (Wildman–Crippen MR) is 69.4 cm³/mol. The van der Waals surface area contributed by atoms with Crippen LogP contribution in [-0.4, -0.2) is 46.0 Å². The van der Waals surface area contributed by atoms with Gasteiger partial charge in [-0.3, -0.25) is 4.79 Å². The fourth-order valence-corrected chi connectivity index (χ4v) is 2.59. The number of esters is 1. The monoisotopic (exact) mass is 305 g/mol. The Morgan fingerprint density at radius 3 is 2.55 bits per heavy atom. The van der Waals surface area contributed by atoms with E-state index in [-0.39, 0.29) is 17.3 Å². The molecule has 0 saturated heterocycles. The van der Waals surface area contributed by atoms with Crippen molar-refractivity contribution in [2.75, 3.05) is 27.3 Å². The van der Waals surface area contributed by atoms with Crippen LogP contribution in [0.15, 0.2) is 23.1 Å². The molecule has 0 aromatic heterocycles. The van der Waals surface area contributed by atoms with Crippen molar-refractivity contribution in [2.45, 2.75) is 11.8 Å². The zero-order valence-corrected chi connectivity index (χ0v) is 12.2. The van der Waals surface area contributed by atoms with E-state index in [0.29, 0.717) is 0 Å². The van der Waals surface area contributed by atoms with E-state index < -0.39 is 28.4 Å². The van der Waals surface area contributed by atoms with Crippen LogP contribution < -0.4 is 4.74 Å². The second kappa shape index (κ2) is 6.67. The summed E-state index contributed by atoms with van der Waals surface area (Å²) >= 11 is 0. The number of sulfonamides is 1. The van der Waals surface area contributed by atoms with Gasteiger partial charge in [0.2, 0.25) is 10.0 Å². The molecule has 0 bridgehead atoms. The highest BCUT2D eigenvalue weighted by atomic mass is 32.2. The smallest absolute Gasteiger partial charge is 0.321 e. The quantitative estimate of drug-likeness (QED) is 0.734. The van der Waals surface area contributed by atoms with Gasteiger partial charge in [-0.15, -0.1) is 0 Å². The van der Waals surface area contributed by atoms with Gasteiger partial charge >= 0.3 is 5.97 Å². The van der Waals surface area contributed by atoms with E-state index >= 15 is 0 Å². The third-order valence-corrected chi connectivity index (χ3v) is 4.29. The number of halogens is 1. The van der Waals surface area contributed by atoms with E-state index in [4.69, 9.17) is 4.74 Å². The number of carbonyl (C=O) groups excluding carboxylic acids is 1. The van der Waals surface area contributed by atoms with Gasteiger partial charge in [0.05, 0.1) is 18.6 Å². The maximum absolute atomic E-state index is 13.5. The molecule has 1 aromatic rings. The summed E-state index contributed by atoms with van der Waals surface area (Å²) < 4.78 is 48.0. The van der Waals surface area contributed by atoms with Crippen molar-refractivity contribution in [2.24, 2.45) is 0 Å². The van der Waals surface area contributed by atoms with E-state index in [9.17, 15) is 17.6 Å². The highest BCUT2D eigenvalue weighted by Gasteiger charge is 2.24. The van der Waals surface area contributed by atoms with Crippen molar-refractivity contribution in [1.29, 1.82) is 0 Å². The maximum Gasteiger partial charge on any atom is 0.321 e. The van der Waals surface area contributed by atoms with Gasteiger partial charge in [-0.25, -0.2) is 12.8 Å². The minimum atomic E-state index is -3.96. The molecule has 8 heteroatoms. The minimum absolute atomic E-state index is 0.0583. The van der Waals surface area contributed by atoms with Gasteiger partial charge in [0, 0.05) is 7.05 Å². The van der Waals surface area contributed by atoms with Gasteiger partial charge in [-0.05, 0) is 25.1 Å². The summed E-state index contributed by atoms with van der Waals surface area (Å²) in [4.78, 5) is 11.0. The molecule has 1 aromatic carbocycles. The molecule has 0 spiro atoms. The molecule has 0 aliphatic carbocycles. The third kappa shape index (κ3) is 3.67. The fourth-order valence-electron chi connectivity index (χ4n) is 1.46. The second-order valence-electron chi connectivity index (χ2n) is 3.86. The first-order valence-corrected chi connectivity index (χ1v) is 7.22. The van der Waals surface area contributed by atoms with Crippen molar-refractivity contribution in [3.63, 3.8) is 0 Å². The first-order valence-electron chi connectivity index (χ1n) is 5.78. The van der Waals surface area contributed by atoms with E-state index in [1.807, 2.05) is 0 Å². The number of nitrogens with zero attached hydrogens (tertiary/aromatic N) is 1. The minimum Gasteiger partial charge on any atom is -0.494 e. The van der Waals surface area contributed by atoms with Crippen molar-refractivity contribution < 1.29 is 27.1 Å². The largest absolute Gasteiger partial charge is 0.494 e. The van der Waals surface area contributed by atoms with Gasteiger partial charge in [0.25, 0.3) is 0 Å². The Hall–Kier alpha value is -1.67. The molecule has 1 rings (SSSR count). The van der Waals surface area contributed by atoms with Crippen molar-refractivity contribution in [3.8, 4) is 5.75 Å². The normalized spacial score (nSPS) is 11.4. The van der Waals surface area contributed by atoms with E-state index in [1.165, 1.54) is 26.3 Å². The number of hydrogen-bond acceptors (Lipinski definition) is 5. The topological polar surface area (TPSA) is 72.9 Å². The Morgan fingerprint density at radius 1 is 1.40 bits per heavy atom. The zero-order valence-electron chi connectivity index (χ0n) is 11.4. The highest BCUT2D eigenvalue weighted by Crippen LogP contribution is 2.22. The van der Waals surface area contributed by atoms with Crippen molar-refractivity contribution in [3.05, 3.63) is 24.0 Å². The van der Waals surface area contributed by atoms with Crippen LogP contribution in [0.5, 0.6) is 5.75 Å². The summed E-state index contributed by atoms with van der Waals surface area (Å²) in [6.07, 6.45) is 0. The molecule has 6 nitrogen and oxygen atoms in total. The molecule has 0 amide bonds. The fraction of sp³-hybridized carbons (Fsp3) is 0.417. The van der Waals surface area contributed by atoms with E-state index in [0.717, 1.165) is 10.4 Å². The van der Waals surface area contributed by atoms with Crippen LogP contribution in [0.25, 0.3) is 0 Å². The lowest BCUT2D eigenvalue weighted by molar-refractivity contribution is -0.143. The number of hydrogen-bond donors (Lipinski definition) is 0. The van der Waals surface area contributed by atoms with Gasteiger partial charge in [-0.2, -0.15) is 4.31 Å². The third-order valence-electron chi connectivity index (χ3n) is 2.49. The summed E-state index contributed by atoms with van der Waals surface area (Å²) in [5.74, 6) is -1.53. The van der Waals surface area contributed by atoms with Crippen LogP contribution >= 0.6 is 0 Å². The number of ether oxygens (including phenoxy) is 2. The first-order chi connectivity index (χ1) is 9.32. The van der Waals surface area contributed by atoms with Gasteiger partial charge < -0.3 is 9.47 Å². The average molecular weight is 305 g/mol. The molecule has 0 aliphatic rings. The molecule has 20 heavy (non-hydrogen) atoms. The van der Waals surface area contributed by atoms with Crippen LogP contribution in [0.3, 0.4) is 0 Å². The Bertz CT molecular complexity index is 588. The summed E-state index contributed by atoms with van der Waals surface area (Å²) in [5, 5.41) is 0. The SMILES string of the molecule is CCOC(=O)CN(C)S(=O)(=O)c1ccc(OC)c(F)c1. The summed E-state index contributed by atoms with van der Waals surface area (Å²) in [6, 6.07) is 3.26. The number of methoxy groups -OCH3 is 1. The van der Waals surface area contributed by atoms with Gasteiger partial charge in [-0.1, -0.05) is 0 Å². The van der Waals surface area contributed by atoms with Crippen LogP contribution in [0.2, 0.25) is 0 Å².